The number of carbonyl (C=O) groups is 2. The summed E-state index contributed by atoms with van der Waals surface area (Å²) in [6.45, 7) is 2.48. The van der Waals surface area contributed by atoms with Gasteiger partial charge in [-0.3, -0.25) is 14.9 Å². The van der Waals surface area contributed by atoms with Crippen LogP contribution in [0.2, 0.25) is 0 Å². The predicted molar refractivity (Wildman–Crippen MR) is 87.0 cm³/mol. The van der Waals surface area contributed by atoms with Gasteiger partial charge in [-0.2, -0.15) is 0 Å². The van der Waals surface area contributed by atoms with Gasteiger partial charge in [0.2, 0.25) is 0 Å². The lowest BCUT2D eigenvalue weighted by atomic mass is 10.1. The molecule has 0 bridgehead atoms. The van der Waals surface area contributed by atoms with Crippen LogP contribution in [0.25, 0.3) is 0 Å². The van der Waals surface area contributed by atoms with E-state index in [2.05, 4.69) is 9.64 Å². The minimum Gasteiger partial charge on any atom is -0.465 e. The zero-order valence-corrected chi connectivity index (χ0v) is 14.0. The van der Waals surface area contributed by atoms with Crippen molar-refractivity contribution in [2.75, 3.05) is 40.8 Å². The van der Waals surface area contributed by atoms with Crippen LogP contribution in [0.15, 0.2) is 18.2 Å². The number of hydrogen-bond acceptors (Lipinski definition) is 6. The van der Waals surface area contributed by atoms with Crippen molar-refractivity contribution in [3.05, 3.63) is 39.4 Å². The number of benzene rings is 1. The van der Waals surface area contributed by atoms with E-state index in [1.165, 1.54) is 19.2 Å². The van der Waals surface area contributed by atoms with Crippen LogP contribution >= 0.6 is 0 Å². The Morgan fingerprint density at radius 3 is 2.58 bits per heavy atom. The third-order valence-electron chi connectivity index (χ3n) is 4.16. The van der Waals surface area contributed by atoms with E-state index >= 15 is 0 Å². The number of methoxy groups -OCH3 is 1. The average Bonchev–Trinajstić information content (AvgIpc) is 2.97. The molecule has 8 heteroatoms. The first kappa shape index (κ1) is 17.9. The Morgan fingerprint density at radius 1 is 1.38 bits per heavy atom. The molecule has 1 aliphatic rings. The molecule has 1 amide bonds. The summed E-state index contributed by atoms with van der Waals surface area (Å²) in [4.78, 5) is 38.4. The Labute approximate surface area is 140 Å². The highest BCUT2D eigenvalue weighted by molar-refractivity contribution is 5.98. The van der Waals surface area contributed by atoms with E-state index in [9.17, 15) is 19.7 Å². The SMILES string of the molecule is COC(=O)c1cc(C(=O)N(C)CC2CCN(C)C2)cc([N+](=O)[O-])c1. The molecule has 0 aromatic heterocycles. The molecule has 8 nitrogen and oxygen atoms in total. The van der Waals surface area contributed by atoms with Gasteiger partial charge in [-0.05, 0) is 32.0 Å². The molecule has 1 fully saturated rings. The number of esters is 1. The van der Waals surface area contributed by atoms with Gasteiger partial charge in [-0.1, -0.05) is 0 Å². The van der Waals surface area contributed by atoms with E-state index in [0.29, 0.717) is 12.5 Å². The maximum atomic E-state index is 12.6. The van der Waals surface area contributed by atoms with Crippen molar-refractivity contribution in [3.8, 4) is 0 Å². The van der Waals surface area contributed by atoms with Gasteiger partial charge in [0, 0.05) is 37.8 Å². The van der Waals surface area contributed by atoms with Crippen LogP contribution in [0.1, 0.15) is 27.1 Å². The van der Waals surface area contributed by atoms with E-state index in [-0.39, 0.29) is 22.7 Å². The molecule has 0 spiro atoms. The van der Waals surface area contributed by atoms with E-state index in [0.717, 1.165) is 25.6 Å². The highest BCUT2D eigenvalue weighted by Gasteiger charge is 2.25. The Kier molecular flexibility index (Phi) is 5.50. The first-order valence-corrected chi connectivity index (χ1v) is 7.63. The molecular weight excluding hydrogens is 314 g/mol. The van der Waals surface area contributed by atoms with Crippen LogP contribution in [0.5, 0.6) is 0 Å². The maximum Gasteiger partial charge on any atom is 0.338 e. The van der Waals surface area contributed by atoms with Gasteiger partial charge in [-0.15, -0.1) is 0 Å². The molecule has 1 aromatic carbocycles. The summed E-state index contributed by atoms with van der Waals surface area (Å²) in [5.41, 5.74) is -0.210. The zero-order valence-electron chi connectivity index (χ0n) is 14.0. The monoisotopic (exact) mass is 335 g/mol. The quantitative estimate of drug-likeness (QED) is 0.459. The maximum absolute atomic E-state index is 12.6. The minimum absolute atomic E-state index is 0.0101. The van der Waals surface area contributed by atoms with Crippen molar-refractivity contribution in [2.24, 2.45) is 5.92 Å². The topological polar surface area (TPSA) is 93.0 Å². The molecule has 1 heterocycles. The molecule has 1 atom stereocenters. The van der Waals surface area contributed by atoms with Crippen molar-refractivity contribution in [2.45, 2.75) is 6.42 Å². The molecule has 1 aliphatic heterocycles. The first-order chi connectivity index (χ1) is 11.3. The number of carbonyl (C=O) groups excluding carboxylic acids is 2. The molecular formula is C16H21N3O5. The minimum atomic E-state index is -0.715. The summed E-state index contributed by atoms with van der Waals surface area (Å²) >= 11 is 0. The summed E-state index contributed by atoms with van der Waals surface area (Å²) in [5.74, 6) is -0.686. The van der Waals surface area contributed by atoms with Gasteiger partial charge in [-0.25, -0.2) is 4.79 Å². The fourth-order valence-electron chi connectivity index (χ4n) is 2.94. The third kappa shape index (κ3) is 4.08. The Morgan fingerprint density at radius 2 is 2.04 bits per heavy atom. The van der Waals surface area contributed by atoms with Crippen LogP contribution in [-0.2, 0) is 4.74 Å². The van der Waals surface area contributed by atoms with Gasteiger partial charge in [0.25, 0.3) is 11.6 Å². The van der Waals surface area contributed by atoms with Gasteiger partial charge < -0.3 is 14.5 Å². The van der Waals surface area contributed by atoms with Crippen LogP contribution < -0.4 is 0 Å². The Balaban J connectivity index is 2.22. The number of nitro benzene ring substituents is 1. The van der Waals surface area contributed by atoms with Gasteiger partial charge >= 0.3 is 5.97 Å². The lowest BCUT2D eigenvalue weighted by molar-refractivity contribution is -0.384. The van der Waals surface area contributed by atoms with Gasteiger partial charge in [0.15, 0.2) is 0 Å². The number of likely N-dealkylation sites (tertiary alicyclic amines) is 1. The smallest absolute Gasteiger partial charge is 0.338 e. The number of hydrogen-bond donors (Lipinski definition) is 0. The standard InChI is InChI=1S/C16H21N3O5/c1-17-5-4-11(9-17)10-18(2)15(20)12-6-13(16(21)24-3)8-14(7-12)19(22)23/h6-8,11H,4-5,9-10H2,1-3H3. The summed E-state index contributed by atoms with van der Waals surface area (Å²) in [7, 11) is 4.88. The molecule has 0 saturated carbocycles. The summed E-state index contributed by atoms with van der Waals surface area (Å²) in [6.07, 6.45) is 1.01. The average molecular weight is 335 g/mol. The van der Waals surface area contributed by atoms with E-state index < -0.39 is 10.9 Å². The Hall–Kier alpha value is -2.48. The lowest BCUT2D eigenvalue weighted by Crippen LogP contribution is -2.33. The van der Waals surface area contributed by atoms with E-state index in [1.807, 2.05) is 7.05 Å². The molecule has 1 saturated heterocycles. The van der Waals surface area contributed by atoms with Gasteiger partial charge in [0.1, 0.15) is 0 Å². The van der Waals surface area contributed by atoms with Crippen LogP contribution in [0.3, 0.4) is 0 Å². The van der Waals surface area contributed by atoms with Crippen molar-refractivity contribution in [1.29, 1.82) is 0 Å². The predicted octanol–water partition coefficient (Wildman–Crippen LogP) is 1.41. The first-order valence-electron chi connectivity index (χ1n) is 7.63. The number of amides is 1. The summed E-state index contributed by atoms with van der Waals surface area (Å²) < 4.78 is 4.59. The molecule has 1 aromatic rings. The molecule has 0 aliphatic carbocycles. The highest BCUT2D eigenvalue weighted by atomic mass is 16.6. The summed E-state index contributed by atoms with van der Waals surface area (Å²) in [5, 5.41) is 11.0. The number of nitro groups is 1. The molecule has 0 N–H and O–H groups in total. The molecule has 2 rings (SSSR count). The van der Waals surface area contributed by atoms with Gasteiger partial charge in [0.05, 0.1) is 17.6 Å². The number of ether oxygens (including phenoxy) is 1. The van der Waals surface area contributed by atoms with Crippen molar-refractivity contribution < 1.29 is 19.2 Å². The second-order valence-corrected chi connectivity index (χ2v) is 6.12. The Bertz CT molecular complexity index is 661. The highest BCUT2D eigenvalue weighted by Crippen LogP contribution is 2.21. The number of nitrogens with zero attached hydrogens (tertiary/aromatic N) is 3. The normalized spacial score (nSPS) is 17.5. The number of rotatable bonds is 5. The number of non-ortho nitro benzene ring substituents is 1. The molecule has 130 valence electrons. The van der Waals surface area contributed by atoms with Crippen LogP contribution in [0, 0.1) is 16.0 Å². The van der Waals surface area contributed by atoms with Crippen molar-refractivity contribution in [3.63, 3.8) is 0 Å². The second-order valence-electron chi connectivity index (χ2n) is 6.12. The fourth-order valence-corrected chi connectivity index (χ4v) is 2.94. The fraction of sp³-hybridized carbons (Fsp3) is 0.500. The van der Waals surface area contributed by atoms with E-state index in [4.69, 9.17) is 0 Å². The summed E-state index contributed by atoms with van der Waals surface area (Å²) in [6, 6.07) is 3.62. The molecule has 24 heavy (non-hydrogen) atoms. The van der Waals surface area contributed by atoms with Crippen molar-refractivity contribution in [1.82, 2.24) is 9.80 Å². The van der Waals surface area contributed by atoms with Crippen LogP contribution in [0.4, 0.5) is 5.69 Å². The van der Waals surface area contributed by atoms with E-state index in [1.54, 1.807) is 11.9 Å². The molecule has 1 unspecified atom stereocenters. The van der Waals surface area contributed by atoms with Crippen LogP contribution in [-0.4, -0.2) is 67.4 Å². The lowest BCUT2D eigenvalue weighted by Gasteiger charge is -2.21. The third-order valence-corrected chi connectivity index (χ3v) is 4.16. The molecule has 0 radical (unpaired) electrons. The van der Waals surface area contributed by atoms with Crippen molar-refractivity contribution >= 4 is 17.6 Å². The largest absolute Gasteiger partial charge is 0.465 e. The zero-order chi connectivity index (χ0) is 17.9. The second kappa shape index (κ2) is 7.39.